The van der Waals surface area contributed by atoms with Crippen LogP contribution in [0.3, 0.4) is 0 Å². The highest BCUT2D eigenvalue weighted by Gasteiger charge is 2.18. The maximum Gasteiger partial charge on any atom is 0.189 e. The van der Waals surface area contributed by atoms with Gasteiger partial charge >= 0.3 is 0 Å². The van der Waals surface area contributed by atoms with Crippen LogP contribution in [0.4, 0.5) is 0 Å². The van der Waals surface area contributed by atoms with Crippen LogP contribution in [0.5, 0.6) is 0 Å². The minimum absolute atomic E-state index is 0.144. The quantitative estimate of drug-likeness (QED) is 0.528. The molecule has 7 heteroatoms. The Balaban J connectivity index is 2.04. The van der Waals surface area contributed by atoms with E-state index >= 15 is 0 Å². The summed E-state index contributed by atoms with van der Waals surface area (Å²) in [6.45, 7) is 5.16. The Morgan fingerprint density at radius 3 is 2.50 bits per heavy atom. The van der Waals surface area contributed by atoms with Crippen molar-refractivity contribution in [2.24, 2.45) is 0 Å². The fourth-order valence-electron chi connectivity index (χ4n) is 2.78. The molecule has 3 heterocycles. The Morgan fingerprint density at radius 1 is 1.04 bits per heavy atom. The lowest BCUT2D eigenvalue weighted by molar-refractivity contribution is 0.101. The summed E-state index contributed by atoms with van der Waals surface area (Å²) >= 11 is 0. The summed E-state index contributed by atoms with van der Waals surface area (Å²) in [5.74, 6) is 0.468. The number of fused-ring (bicyclic) bond motifs is 3. The molecule has 3 aromatic heterocycles. The summed E-state index contributed by atoms with van der Waals surface area (Å²) < 4.78 is 1.62. The number of hydrogen-bond donors (Lipinski definition) is 0. The van der Waals surface area contributed by atoms with Crippen LogP contribution in [0.1, 0.15) is 28.8 Å². The zero-order chi connectivity index (χ0) is 16.8. The second kappa shape index (κ2) is 5.16. The zero-order valence-electron chi connectivity index (χ0n) is 13.5. The molecule has 0 atom stereocenters. The van der Waals surface area contributed by atoms with E-state index in [1.807, 2.05) is 37.3 Å². The van der Waals surface area contributed by atoms with Crippen molar-refractivity contribution < 1.29 is 4.79 Å². The topological polar surface area (TPSA) is 85.9 Å². The molecule has 0 aliphatic rings. The van der Waals surface area contributed by atoms with E-state index in [0.717, 1.165) is 16.6 Å². The predicted octanol–water partition coefficient (Wildman–Crippen LogP) is 2.55. The number of aromatic nitrogens is 6. The van der Waals surface area contributed by atoms with Crippen molar-refractivity contribution in [3.63, 3.8) is 0 Å². The van der Waals surface area contributed by atoms with Gasteiger partial charge in [-0.05, 0) is 13.8 Å². The molecule has 0 bridgehead atoms. The molecule has 0 spiro atoms. The molecule has 7 nitrogen and oxygen atoms in total. The summed E-state index contributed by atoms with van der Waals surface area (Å²) in [6.07, 6.45) is 0. The van der Waals surface area contributed by atoms with Gasteiger partial charge in [0, 0.05) is 12.5 Å². The summed E-state index contributed by atoms with van der Waals surface area (Å²) in [7, 11) is 0. The number of carbonyl (C=O) groups is 1. The second-order valence-electron chi connectivity index (χ2n) is 5.62. The molecule has 0 saturated heterocycles. The number of benzene rings is 1. The molecule has 4 rings (SSSR count). The maximum atomic E-state index is 11.7. The van der Waals surface area contributed by atoms with Crippen molar-refractivity contribution in [3.8, 4) is 11.4 Å². The van der Waals surface area contributed by atoms with Crippen LogP contribution >= 0.6 is 0 Å². The number of nitrogens with zero attached hydrogens (tertiary/aromatic N) is 6. The Bertz CT molecular complexity index is 1100. The number of ketones is 1. The van der Waals surface area contributed by atoms with E-state index in [1.165, 1.54) is 6.92 Å². The van der Waals surface area contributed by atoms with Crippen LogP contribution in [0.15, 0.2) is 30.3 Å². The molecule has 0 unspecified atom stereocenters. The standard InChI is InChI=1S/C17H14N6O/c1-9-13-16(19-15(18-9)12-7-5-4-6-8-12)22-23-10(2)14(11(3)24)20-21-17(13)23/h4-8H,1-3H3. The third kappa shape index (κ3) is 2.05. The first-order chi connectivity index (χ1) is 11.6. The van der Waals surface area contributed by atoms with E-state index in [4.69, 9.17) is 0 Å². The van der Waals surface area contributed by atoms with Gasteiger partial charge in [0.25, 0.3) is 0 Å². The molecule has 0 amide bonds. The van der Waals surface area contributed by atoms with E-state index in [9.17, 15) is 4.79 Å². The zero-order valence-corrected chi connectivity index (χ0v) is 13.5. The van der Waals surface area contributed by atoms with Gasteiger partial charge in [-0.2, -0.15) is 0 Å². The molecule has 0 aliphatic carbocycles. The Morgan fingerprint density at radius 2 is 1.79 bits per heavy atom. The van der Waals surface area contributed by atoms with Crippen molar-refractivity contribution in [1.82, 2.24) is 29.8 Å². The summed E-state index contributed by atoms with van der Waals surface area (Å²) in [4.78, 5) is 20.8. The van der Waals surface area contributed by atoms with Crippen LogP contribution < -0.4 is 0 Å². The fourth-order valence-corrected chi connectivity index (χ4v) is 2.78. The van der Waals surface area contributed by atoms with Gasteiger partial charge in [0.1, 0.15) is 5.69 Å². The lowest BCUT2D eigenvalue weighted by Gasteiger charge is -2.02. The number of aryl methyl sites for hydroxylation is 2. The highest BCUT2D eigenvalue weighted by atomic mass is 16.1. The molecular weight excluding hydrogens is 304 g/mol. The van der Waals surface area contributed by atoms with Gasteiger partial charge in [0.05, 0.1) is 16.8 Å². The van der Waals surface area contributed by atoms with Gasteiger partial charge in [-0.1, -0.05) is 30.3 Å². The Hall–Kier alpha value is -3.22. The molecule has 0 radical (unpaired) electrons. The minimum atomic E-state index is -0.144. The van der Waals surface area contributed by atoms with Crippen LogP contribution in [0.25, 0.3) is 28.1 Å². The number of hydrogen-bond acceptors (Lipinski definition) is 6. The summed E-state index contributed by atoms with van der Waals surface area (Å²) in [5.41, 5.74) is 3.75. The SMILES string of the molecule is CC(=O)c1nnc2c3c(C)nc(-c4ccccc4)nc3nn2c1C. The summed E-state index contributed by atoms with van der Waals surface area (Å²) in [6, 6.07) is 9.74. The Kier molecular flexibility index (Phi) is 3.09. The maximum absolute atomic E-state index is 11.7. The first kappa shape index (κ1) is 14.4. The highest BCUT2D eigenvalue weighted by molar-refractivity contribution is 5.95. The average molecular weight is 318 g/mol. The van der Waals surface area contributed by atoms with E-state index in [1.54, 1.807) is 11.4 Å². The van der Waals surface area contributed by atoms with E-state index in [-0.39, 0.29) is 5.78 Å². The molecule has 0 N–H and O–H groups in total. The molecular formula is C17H14N6O. The van der Waals surface area contributed by atoms with Gasteiger partial charge in [-0.25, -0.2) is 14.5 Å². The molecule has 24 heavy (non-hydrogen) atoms. The molecule has 0 saturated carbocycles. The smallest absolute Gasteiger partial charge is 0.189 e. The van der Waals surface area contributed by atoms with Crippen LogP contribution in [0.2, 0.25) is 0 Å². The van der Waals surface area contributed by atoms with E-state index in [0.29, 0.717) is 28.5 Å². The number of rotatable bonds is 2. The van der Waals surface area contributed by atoms with E-state index in [2.05, 4.69) is 25.3 Å². The van der Waals surface area contributed by atoms with E-state index < -0.39 is 0 Å². The average Bonchev–Trinajstić information content (AvgIpc) is 2.95. The van der Waals surface area contributed by atoms with Crippen molar-refractivity contribution >= 4 is 22.5 Å². The molecule has 0 fully saturated rings. The number of carbonyl (C=O) groups excluding carboxylic acids is 1. The molecule has 0 aliphatic heterocycles. The molecule has 118 valence electrons. The van der Waals surface area contributed by atoms with Crippen LogP contribution in [-0.4, -0.2) is 35.6 Å². The second-order valence-corrected chi connectivity index (χ2v) is 5.62. The van der Waals surface area contributed by atoms with Crippen molar-refractivity contribution in [2.75, 3.05) is 0 Å². The van der Waals surface area contributed by atoms with Gasteiger partial charge in [0.2, 0.25) is 0 Å². The third-order valence-corrected chi connectivity index (χ3v) is 3.96. The van der Waals surface area contributed by atoms with Gasteiger partial charge in [-0.3, -0.25) is 4.79 Å². The molecule has 1 aromatic carbocycles. The van der Waals surface area contributed by atoms with Crippen molar-refractivity contribution in [3.05, 3.63) is 47.4 Å². The first-order valence-corrected chi connectivity index (χ1v) is 7.53. The fraction of sp³-hybridized carbons (Fsp3) is 0.176. The highest BCUT2D eigenvalue weighted by Crippen LogP contribution is 2.24. The minimum Gasteiger partial charge on any atom is -0.293 e. The Labute approximate surface area is 137 Å². The van der Waals surface area contributed by atoms with Crippen molar-refractivity contribution in [2.45, 2.75) is 20.8 Å². The lowest BCUT2D eigenvalue weighted by atomic mass is 10.2. The lowest BCUT2D eigenvalue weighted by Crippen LogP contribution is -2.08. The predicted molar refractivity (Wildman–Crippen MR) is 88.8 cm³/mol. The largest absolute Gasteiger partial charge is 0.293 e. The summed E-state index contributed by atoms with van der Waals surface area (Å²) in [5, 5.41) is 13.5. The van der Waals surface area contributed by atoms with Crippen LogP contribution in [0, 0.1) is 13.8 Å². The molecule has 4 aromatic rings. The third-order valence-electron chi connectivity index (χ3n) is 3.96. The monoisotopic (exact) mass is 318 g/mol. The normalized spacial score (nSPS) is 11.3. The van der Waals surface area contributed by atoms with Crippen LogP contribution in [-0.2, 0) is 0 Å². The van der Waals surface area contributed by atoms with Crippen molar-refractivity contribution in [1.29, 1.82) is 0 Å². The first-order valence-electron chi connectivity index (χ1n) is 7.53. The number of Topliss-reactive ketones (excluding diaryl/α,β-unsaturated/α-hetero) is 1. The van der Waals surface area contributed by atoms with Gasteiger partial charge in [0.15, 0.2) is 22.9 Å². The van der Waals surface area contributed by atoms with Gasteiger partial charge in [-0.15, -0.1) is 15.3 Å². The van der Waals surface area contributed by atoms with Gasteiger partial charge < -0.3 is 0 Å².